The summed E-state index contributed by atoms with van der Waals surface area (Å²) in [6.07, 6.45) is 6.61. The van der Waals surface area contributed by atoms with Crippen LogP contribution in [0.25, 0.3) is 5.57 Å². The quantitative estimate of drug-likeness (QED) is 0.346. The number of ketones is 1. The zero-order valence-corrected chi connectivity index (χ0v) is 23.1. The maximum Gasteiger partial charge on any atom is 0.140 e. The average molecular weight is 479 g/mol. The minimum absolute atomic E-state index is 0.244. The molecule has 36 heavy (non-hydrogen) atoms. The zero-order valence-electron chi connectivity index (χ0n) is 23.1. The number of carbonyl (C=O) groups is 1. The predicted octanol–water partition coefficient (Wildman–Crippen LogP) is 9.16. The van der Waals surface area contributed by atoms with Crippen molar-refractivity contribution in [1.29, 1.82) is 0 Å². The molecule has 0 heterocycles. The van der Waals surface area contributed by atoms with Gasteiger partial charge in [-0.1, -0.05) is 104 Å². The number of hydrogen-bond donors (Lipinski definition) is 0. The topological polar surface area (TPSA) is 17.1 Å². The lowest BCUT2D eigenvalue weighted by atomic mass is 9.54. The van der Waals surface area contributed by atoms with Crippen molar-refractivity contribution >= 4 is 11.4 Å². The second kappa shape index (κ2) is 9.85. The number of allylic oxidation sites excluding steroid dienone is 6. The second-order valence-electron chi connectivity index (χ2n) is 12.0. The van der Waals surface area contributed by atoms with E-state index in [4.69, 9.17) is 0 Å². The average Bonchev–Trinajstić information content (AvgIpc) is 3.21. The number of rotatable bonds is 8. The predicted molar refractivity (Wildman–Crippen MR) is 154 cm³/mol. The van der Waals surface area contributed by atoms with E-state index in [2.05, 4.69) is 109 Å². The summed E-state index contributed by atoms with van der Waals surface area (Å²) >= 11 is 0. The van der Waals surface area contributed by atoms with Crippen molar-refractivity contribution in [3.63, 3.8) is 0 Å². The van der Waals surface area contributed by atoms with Crippen LogP contribution in [0.2, 0.25) is 0 Å². The molecule has 1 unspecified atom stereocenters. The first-order valence-corrected chi connectivity index (χ1v) is 13.3. The molecule has 2 aromatic carbocycles. The monoisotopic (exact) mass is 478 g/mol. The highest BCUT2D eigenvalue weighted by atomic mass is 16.1. The maximum atomic E-state index is 13.9. The van der Waals surface area contributed by atoms with Crippen molar-refractivity contribution in [2.75, 3.05) is 0 Å². The molecule has 2 aromatic rings. The molecule has 4 rings (SSSR count). The molecule has 0 aromatic heterocycles. The maximum absolute atomic E-state index is 13.9. The van der Waals surface area contributed by atoms with Crippen molar-refractivity contribution < 1.29 is 4.79 Å². The van der Waals surface area contributed by atoms with Crippen LogP contribution in [0.5, 0.6) is 0 Å². The lowest BCUT2D eigenvalue weighted by Crippen LogP contribution is -2.47. The van der Waals surface area contributed by atoms with Gasteiger partial charge in [0, 0.05) is 11.8 Å². The first kappa shape index (κ1) is 26.1. The molecule has 1 nitrogen and oxygen atoms in total. The molecule has 1 heteroatoms. The molecule has 0 amide bonds. The van der Waals surface area contributed by atoms with Crippen LogP contribution in [0.4, 0.5) is 0 Å². The Morgan fingerprint density at radius 1 is 1.03 bits per heavy atom. The van der Waals surface area contributed by atoms with Crippen LogP contribution in [0, 0.1) is 30.6 Å². The van der Waals surface area contributed by atoms with Gasteiger partial charge < -0.3 is 0 Å². The third-order valence-electron chi connectivity index (χ3n) is 9.13. The van der Waals surface area contributed by atoms with Gasteiger partial charge in [-0.15, -0.1) is 0 Å². The largest absolute Gasteiger partial charge is 0.299 e. The summed E-state index contributed by atoms with van der Waals surface area (Å²) in [7, 11) is 0. The van der Waals surface area contributed by atoms with Crippen molar-refractivity contribution in [1.82, 2.24) is 0 Å². The van der Waals surface area contributed by atoms with E-state index < -0.39 is 0 Å². The van der Waals surface area contributed by atoms with Gasteiger partial charge in [-0.25, -0.2) is 0 Å². The molecule has 0 spiro atoms. The summed E-state index contributed by atoms with van der Waals surface area (Å²) in [5, 5.41) is 0. The fourth-order valence-electron chi connectivity index (χ4n) is 6.01. The summed E-state index contributed by atoms with van der Waals surface area (Å²) < 4.78 is 0. The summed E-state index contributed by atoms with van der Waals surface area (Å²) in [5.74, 6) is 0.654. The van der Waals surface area contributed by atoms with Gasteiger partial charge in [-0.3, -0.25) is 4.79 Å². The first-order valence-electron chi connectivity index (χ1n) is 13.3. The summed E-state index contributed by atoms with van der Waals surface area (Å²) in [4.78, 5) is 13.9. The lowest BCUT2D eigenvalue weighted by Gasteiger charge is -2.48. The van der Waals surface area contributed by atoms with Crippen LogP contribution < -0.4 is 0 Å². The number of carbonyl (C=O) groups excluding carboxylic acids is 1. The summed E-state index contributed by atoms with van der Waals surface area (Å²) in [6.45, 7) is 21.7. The van der Waals surface area contributed by atoms with Crippen LogP contribution in [0.15, 0.2) is 90.1 Å². The van der Waals surface area contributed by atoms with Gasteiger partial charge in [-0.05, 0) is 92.6 Å². The van der Waals surface area contributed by atoms with Crippen LogP contribution in [0.1, 0.15) is 75.6 Å². The molecule has 0 bridgehead atoms. The standard InChI is InChI=1S/C35H42O/c1-23(2)34(7,21-28-13-9-24(3)10-14-28)22-33(36)35(8)18-17-32(35)27(6)31-20-30(19-26(31)5)29-15-11-25(4)12-16-29/h9-16,20,32H,1,5,17-19,21-22H2,2-4,6-8H3/t32?,34-,35-/m1/s1. The van der Waals surface area contributed by atoms with Crippen molar-refractivity contribution in [3.8, 4) is 0 Å². The van der Waals surface area contributed by atoms with Gasteiger partial charge in [0.25, 0.3) is 0 Å². The third-order valence-corrected chi connectivity index (χ3v) is 9.13. The van der Waals surface area contributed by atoms with Gasteiger partial charge in [0.2, 0.25) is 0 Å². The highest BCUT2D eigenvalue weighted by Gasteiger charge is 2.50. The molecule has 2 aliphatic rings. The molecule has 188 valence electrons. The molecule has 0 N–H and O–H groups in total. The SMILES string of the molecule is C=C1CC(c2ccc(C)cc2)=CC1=C(C)C1CC[C@@]1(C)C(=O)C[C@@](C)(Cc1ccc(C)cc1)C(=C)C. The number of hydrogen-bond acceptors (Lipinski definition) is 1. The highest BCUT2D eigenvalue weighted by Crippen LogP contribution is 2.55. The molecule has 0 aliphatic heterocycles. The molecule has 0 radical (unpaired) electrons. The van der Waals surface area contributed by atoms with E-state index in [1.807, 2.05) is 0 Å². The fourth-order valence-corrected chi connectivity index (χ4v) is 6.01. The van der Waals surface area contributed by atoms with Gasteiger partial charge in [0.1, 0.15) is 5.78 Å². The molecule has 3 atom stereocenters. The second-order valence-corrected chi connectivity index (χ2v) is 12.0. The van der Waals surface area contributed by atoms with Crippen molar-refractivity contribution in [2.45, 2.75) is 73.6 Å². The van der Waals surface area contributed by atoms with Gasteiger partial charge >= 0.3 is 0 Å². The zero-order chi connectivity index (χ0) is 26.3. The normalized spacial score (nSPS) is 24.6. The van der Waals surface area contributed by atoms with Crippen molar-refractivity contribution in [3.05, 3.63) is 112 Å². The minimum Gasteiger partial charge on any atom is -0.299 e. The molecule has 2 aliphatic carbocycles. The van der Waals surface area contributed by atoms with E-state index in [9.17, 15) is 4.79 Å². The number of benzene rings is 2. The van der Waals surface area contributed by atoms with E-state index in [0.29, 0.717) is 12.2 Å². The smallest absolute Gasteiger partial charge is 0.140 e. The molecule has 0 saturated heterocycles. The summed E-state index contributed by atoms with van der Waals surface area (Å²) in [5.41, 5.74) is 10.7. The molecular formula is C35H42O. The van der Waals surface area contributed by atoms with E-state index in [-0.39, 0.29) is 16.7 Å². The van der Waals surface area contributed by atoms with Crippen molar-refractivity contribution in [2.24, 2.45) is 16.7 Å². The Balaban J connectivity index is 1.56. The number of Topliss-reactive ketones (excluding diaryl/α,β-unsaturated/α-hetero) is 1. The highest BCUT2D eigenvalue weighted by molar-refractivity contribution is 5.87. The van der Waals surface area contributed by atoms with E-state index in [1.165, 1.54) is 44.5 Å². The van der Waals surface area contributed by atoms with Gasteiger partial charge in [-0.2, -0.15) is 0 Å². The van der Waals surface area contributed by atoms with Crippen LogP contribution in [-0.2, 0) is 11.2 Å². The lowest BCUT2D eigenvalue weighted by molar-refractivity contribution is -0.138. The third kappa shape index (κ3) is 4.99. The van der Waals surface area contributed by atoms with Crippen LogP contribution >= 0.6 is 0 Å². The van der Waals surface area contributed by atoms with E-state index in [1.54, 1.807) is 0 Å². The fraction of sp³-hybridized carbons (Fsp3) is 0.400. The van der Waals surface area contributed by atoms with E-state index in [0.717, 1.165) is 31.3 Å². The van der Waals surface area contributed by atoms with E-state index >= 15 is 0 Å². The van der Waals surface area contributed by atoms with Crippen LogP contribution in [-0.4, -0.2) is 5.78 Å². The Labute approximate surface area is 218 Å². The first-order chi connectivity index (χ1) is 16.9. The number of aryl methyl sites for hydroxylation is 2. The molecule has 1 saturated carbocycles. The Morgan fingerprint density at radius 2 is 1.61 bits per heavy atom. The Morgan fingerprint density at radius 3 is 2.14 bits per heavy atom. The van der Waals surface area contributed by atoms with Crippen LogP contribution in [0.3, 0.4) is 0 Å². The Bertz CT molecular complexity index is 1250. The summed E-state index contributed by atoms with van der Waals surface area (Å²) in [6, 6.07) is 17.4. The molecule has 1 fully saturated rings. The van der Waals surface area contributed by atoms with Gasteiger partial charge in [0.15, 0.2) is 0 Å². The minimum atomic E-state index is -0.318. The Hall–Kier alpha value is -2.93. The molecular weight excluding hydrogens is 436 g/mol. The Kier molecular flexibility index (Phi) is 7.15. The van der Waals surface area contributed by atoms with Gasteiger partial charge in [0.05, 0.1) is 0 Å².